The molecule has 2 heterocycles. The number of ether oxygens (including phenoxy) is 1. The molecule has 2 saturated heterocycles. The molecule has 0 spiro atoms. The highest BCUT2D eigenvalue weighted by Gasteiger charge is 2.43. The van der Waals surface area contributed by atoms with Crippen LogP contribution in [0.4, 0.5) is 0 Å². The lowest BCUT2D eigenvalue weighted by Crippen LogP contribution is -2.56. The van der Waals surface area contributed by atoms with E-state index in [-0.39, 0.29) is 24.3 Å². The number of carbonyl (C=O) groups is 2. The number of nitrogens with zero attached hydrogens (tertiary/aromatic N) is 1. The molecular formula is C14H22N2O4. The average molecular weight is 282 g/mol. The minimum atomic E-state index is -0.564. The molecule has 1 aliphatic carbocycles. The third kappa shape index (κ3) is 2.67. The summed E-state index contributed by atoms with van der Waals surface area (Å²) < 4.78 is 5.28. The van der Waals surface area contributed by atoms with Crippen molar-refractivity contribution in [2.45, 2.75) is 43.7 Å². The Morgan fingerprint density at radius 1 is 1.40 bits per heavy atom. The van der Waals surface area contributed by atoms with Gasteiger partial charge in [0.15, 0.2) is 0 Å². The molecule has 112 valence electrons. The summed E-state index contributed by atoms with van der Waals surface area (Å²) in [6.07, 6.45) is 3.70. The first kappa shape index (κ1) is 13.8. The van der Waals surface area contributed by atoms with Gasteiger partial charge in [-0.3, -0.25) is 9.59 Å². The molecule has 6 heteroatoms. The van der Waals surface area contributed by atoms with E-state index in [9.17, 15) is 14.7 Å². The summed E-state index contributed by atoms with van der Waals surface area (Å²) in [5, 5.41) is 12.6. The fraction of sp³-hybridized carbons (Fsp3) is 0.857. The van der Waals surface area contributed by atoms with Crippen molar-refractivity contribution in [3.63, 3.8) is 0 Å². The maximum Gasteiger partial charge on any atom is 0.225 e. The fourth-order valence-corrected chi connectivity index (χ4v) is 3.09. The minimum absolute atomic E-state index is 0.0743. The lowest BCUT2D eigenvalue weighted by Gasteiger charge is -2.37. The maximum absolute atomic E-state index is 12.4. The molecule has 1 atom stereocenters. The Balaban J connectivity index is 1.59. The first-order chi connectivity index (χ1) is 9.63. The van der Waals surface area contributed by atoms with Crippen molar-refractivity contribution in [3.05, 3.63) is 0 Å². The largest absolute Gasteiger partial charge is 0.394 e. The fourth-order valence-electron chi connectivity index (χ4n) is 3.09. The second-order valence-corrected chi connectivity index (χ2v) is 6.22. The van der Waals surface area contributed by atoms with Crippen LogP contribution >= 0.6 is 0 Å². The standard InChI is InChI=1S/C14H22N2O4/c17-9-14(3-5-20-6-4-14)15-13(19)10-7-12(18)16(8-10)11-1-2-11/h10-11,17H,1-9H2,(H,15,19). The number of amides is 2. The maximum atomic E-state index is 12.4. The molecule has 0 radical (unpaired) electrons. The van der Waals surface area contributed by atoms with Crippen LogP contribution in [-0.4, -0.2) is 59.8 Å². The normalized spacial score (nSPS) is 29.6. The summed E-state index contributed by atoms with van der Waals surface area (Å²) in [4.78, 5) is 26.1. The first-order valence-corrected chi connectivity index (χ1v) is 7.44. The van der Waals surface area contributed by atoms with E-state index in [4.69, 9.17) is 4.74 Å². The third-order valence-electron chi connectivity index (χ3n) is 4.66. The van der Waals surface area contributed by atoms with Crippen LogP contribution in [0, 0.1) is 5.92 Å². The molecule has 2 amide bonds. The van der Waals surface area contributed by atoms with Crippen LogP contribution in [0.3, 0.4) is 0 Å². The van der Waals surface area contributed by atoms with Gasteiger partial charge in [-0.05, 0) is 25.7 Å². The summed E-state index contributed by atoms with van der Waals surface area (Å²) in [5.74, 6) is -0.274. The Hall–Kier alpha value is -1.14. The predicted octanol–water partition coefficient (Wildman–Crippen LogP) is -0.345. The molecular weight excluding hydrogens is 260 g/mol. The molecule has 2 aliphatic heterocycles. The Morgan fingerprint density at radius 3 is 2.70 bits per heavy atom. The monoisotopic (exact) mass is 282 g/mol. The van der Waals surface area contributed by atoms with Crippen LogP contribution in [0.15, 0.2) is 0 Å². The van der Waals surface area contributed by atoms with Crippen LogP contribution in [0.5, 0.6) is 0 Å². The summed E-state index contributed by atoms with van der Waals surface area (Å²) in [6.45, 7) is 1.57. The van der Waals surface area contributed by atoms with Gasteiger partial charge in [0.05, 0.1) is 18.1 Å². The van der Waals surface area contributed by atoms with Gasteiger partial charge in [0.1, 0.15) is 0 Å². The van der Waals surface area contributed by atoms with Crippen LogP contribution in [0.25, 0.3) is 0 Å². The molecule has 3 aliphatic rings. The molecule has 0 aromatic rings. The second kappa shape index (κ2) is 5.33. The number of hydrogen-bond acceptors (Lipinski definition) is 4. The zero-order valence-corrected chi connectivity index (χ0v) is 11.6. The highest BCUT2D eigenvalue weighted by molar-refractivity contribution is 5.89. The van der Waals surface area contributed by atoms with E-state index in [0.717, 1.165) is 12.8 Å². The predicted molar refractivity (Wildman–Crippen MR) is 70.9 cm³/mol. The molecule has 6 nitrogen and oxygen atoms in total. The Bertz CT molecular complexity index is 402. The Kier molecular flexibility index (Phi) is 3.69. The average Bonchev–Trinajstić information content (AvgIpc) is 3.22. The van der Waals surface area contributed by atoms with Crippen molar-refractivity contribution in [2.24, 2.45) is 5.92 Å². The van der Waals surface area contributed by atoms with Crippen molar-refractivity contribution in [2.75, 3.05) is 26.4 Å². The van der Waals surface area contributed by atoms with Gasteiger partial charge in [0, 0.05) is 32.2 Å². The highest BCUT2D eigenvalue weighted by atomic mass is 16.5. The van der Waals surface area contributed by atoms with Crippen molar-refractivity contribution in [1.29, 1.82) is 0 Å². The number of carbonyl (C=O) groups excluding carboxylic acids is 2. The number of rotatable bonds is 4. The van der Waals surface area contributed by atoms with E-state index in [1.165, 1.54) is 0 Å². The van der Waals surface area contributed by atoms with Gasteiger partial charge in [-0.1, -0.05) is 0 Å². The van der Waals surface area contributed by atoms with Crippen molar-refractivity contribution < 1.29 is 19.4 Å². The van der Waals surface area contributed by atoms with Gasteiger partial charge in [-0.15, -0.1) is 0 Å². The van der Waals surface area contributed by atoms with Gasteiger partial charge in [-0.2, -0.15) is 0 Å². The van der Waals surface area contributed by atoms with E-state index in [1.807, 2.05) is 4.90 Å². The van der Waals surface area contributed by atoms with Gasteiger partial charge in [0.2, 0.25) is 11.8 Å². The SMILES string of the molecule is O=C(NC1(CO)CCOCC1)C1CC(=O)N(C2CC2)C1. The topological polar surface area (TPSA) is 78.9 Å². The number of hydrogen-bond donors (Lipinski definition) is 2. The highest BCUT2D eigenvalue weighted by Crippen LogP contribution is 2.33. The van der Waals surface area contributed by atoms with Crippen molar-refractivity contribution in [1.82, 2.24) is 10.2 Å². The van der Waals surface area contributed by atoms with Crippen LogP contribution in [0.1, 0.15) is 32.1 Å². The molecule has 3 rings (SSSR count). The lowest BCUT2D eigenvalue weighted by molar-refractivity contribution is -0.130. The number of aliphatic hydroxyl groups excluding tert-OH is 1. The zero-order chi connectivity index (χ0) is 14.2. The van der Waals surface area contributed by atoms with Gasteiger partial charge >= 0.3 is 0 Å². The number of likely N-dealkylation sites (tertiary alicyclic amines) is 1. The van der Waals surface area contributed by atoms with Crippen LogP contribution in [-0.2, 0) is 14.3 Å². The van der Waals surface area contributed by atoms with Gasteiger partial charge in [-0.25, -0.2) is 0 Å². The van der Waals surface area contributed by atoms with E-state index < -0.39 is 5.54 Å². The summed E-state index contributed by atoms with van der Waals surface area (Å²) in [6, 6.07) is 0.371. The van der Waals surface area contributed by atoms with E-state index in [0.29, 0.717) is 45.1 Å². The summed E-state index contributed by atoms with van der Waals surface area (Å²) >= 11 is 0. The molecule has 0 aromatic heterocycles. The molecule has 2 N–H and O–H groups in total. The van der Waals surface area contributed by atoms with E-state index >= 15 is 0 Å². The smallest absolute Gasteiger partial charge is 0.225 e. The molecule has 20 heavy (non-hydrogen) atoms. The van der Waals surface area contributed by atoms with Crippen molar-refractivity contribution >= 4 is 11.8 Å². The quantitative estimate of drug-likeness (QED) is 0.739. The Labute approximate surface area is 118 Å². The number of aliphatic hydroxyl groups is 1. The number of nitrogens with one attached hydrogen (secondary N) is 1. The molecule has 0 aromatic carbocycles. The van der Waals surface area contributed by atoms with Gasteiger partial charge < -0.3 is 20.1 Å². The van der Waals surface area contributed by atoms with Crippen LogP contribution in [0.2, 0.25) is 0 Å². The summed E-state index contributed by atoms with van der Waals surface area (Å²) in [5.41, 5.74) is -0.564. The molecule has 1 saturated carbocycles. The molecule has 0 bridgehead atoms. The minimum Gasteiger partial charge on any atom is -0.394 e. The van der Waals surface area contributed by atoms with Crippen molar-refractivity contribution in [3.8, 4) is 0 Å². The molecule has 1 unspecified atom stereocenters. The van der Waals surface area contributed by atoms with Crippen LogP contribution < -0.4 is 5.32 Å². The second-order valence-electron chi connectivity index (χ2n) is 6.22. The van der Waals surface area contributed by atoms with E-state index in [1.54, 1.807) is 0 Å². The third-order valence-corrected chi connectivity index (χ3v) is 4.66. The molecule has 3 fully saturated rings. The lowest BCUT2D eigenvalue weighted by atomic mass is 9.90. The Morgan fingerprint density at radius 2 is 2.10 bits per heavy atom. The first-order valence-electron chi connectivity index (χ1n) is 7.44. The van der Waals surface area contributed by atoms with E-state index in [2.05, 4.69) is 5.32 Å². The summed E-state index contributed by atoms with van der Waals surface area (Å²) in [7, 11) is 0. The van der Waals surface area contributed by atoms with Gasteiger partial charge in [0.25, 0.3) is 0 Å². The zero-order valence-electron chi connectivity index (χ0n) is 11.6.